The predicted octanol–water partition coefficient (Wildman–Crippen LogP) is 4.67. The Morgan fingerprint density at radius 2 is 1.74 bits per heavy atom. The highest BCUT2D eigenvalue weighted by Crippen LogP contribution is 2.27. The number of benzene rings is 1. The first-order chi connectivity index (χ1) is 12.8. The molecule has 0 fully saturated rings. The van der Waals surface area contributed by atoms with Crippen LogP contribution >= 0.6 is 0 Å². The number of para-hydroxylation sites is 1. The Bertz CT molecular complexity index is 930. The second kappa shape index (κ2) is 7.61. The maximum absolute atomic E-state index is 12.6. The molecule has 2 aromatic heterocycles. The Labute approximate surface area is 154 Å². The third-order valence-electron chi connectivity index (χ3n) is 3.93. The highest BCUT2D eigenvalue weighted by molar-refractivity contribution is 5.56. The molecular formula is C19H17F3N4O. The summed E-state index contributed by atoms with van der Waals surface area (Å²) in [6.45, 7) is 3.80. The topological polar surface area (TPSA) is 59.9 Å². The number of aromatic nitrogens is 3. The minimum atomic E-state index is -4.75. The number of pyridine rings is 1. The van der Waals surface area contributed by atoms with E-state index in [0.717, 1.165) is 11.3 Å². The number of hydrogen-bond acceptors (Lipinski definition) is 5. The van der Waals surface area contributed by atoms with Gasteiger partial charge in [0.25, 0.3) is 0 Å². The van der Waals surface area contributed by atoms with E-state index in [1.165, 1.54) is 12.1 Å². The molecule has 0 atom stereocenters. The number of nitrogens with zero attached hydrogens (tertiary/aromatic N) is 3. The van der Waals surface area contributed by atoms with Crippen LogP contribution in [0.4, 0.5) is 19.0 Å². The lowest BCUT2D eigenvalue weighted by molar-refractivity contribution is -0.274. The quantitative estimate of drug-likeness (QED) is 0.703. The van der Waals surface area contributed by atoms with Gasteiger partial charge >= 0.3 is 6.36 Å². The highest BCUT2D eigenvalue weighted by atomic mass is 19.4. The van der Waals surface area contributed by atoms with Gasteiger partial charge in [-0.15, -0.1) is 13.2 Å². The average Bonchev–Trinajstić information content (AvgIpc) is 2.63. The third-order valence-corrected chi connectivity index (χ3v) is 3.93. The Balaban J connectivity index is 1.86. The Kier molecular flexibility index (Phi) is 5.25. The smallest absolute Gasteiger partial charge is 0.405 e. The molecular weight excluding hydrogens is 357 g/mol. The van der Waals surface area contributed by atoms with Gasteiger partial charge in [0.15, 0.2) is 5.82 Å². The molecule has 1 N–H and O–H groups in total. The van der Waals surface area contributed by atoms with Gasteiger partial charge in [0.2, 0.25) is 0 Å². The second-order valence-electron chi connectivity index (χ2n) is 5.83. The maximum Gasteiger partial charge on any atom is 0.573 e. The third kappa shape index (κ3) is 4.72. The van der Waals surface area contributed by atoms with E-state index < -0.39 is 6.36 Å². The Hall–Kier alpha value is -3.16. The van der Waals surface area contributed by atoms with E-state index in [1.807, 2.05) is 19.9 Å². The van der Waals surface area contributed by atoms with Crippen LogP contribution < -0.4 is 10.1 Å². The van der Waals surface area contributed by atoms with E-state index in [9.17, 15) is 13.2 Å². The molecule has 5 nitrogen and oxygen atoms in total. The molecule has 2 heterocycles. The van der Waals surface area contributed by atoms with Crippen LogP contribution in [-0.2, 0) is 6.54 Å². The molecule has 0 aliphatic carbocycles. The lowest BCUT2D eigenvalue weighted by atomic mass is 10.2. The summed E-state index contributed by atoms with van der Waals surface area (Å²) in [6, 6.07) is 11.4. The first kappa shape index (κ1) is 18.6. The monoisotopic (exact) mass is 374 g/mol. The predicted molar refractivity (Wildman–Crippen MR) is 95.2 cm³/mol. The van der Waals surface area contributed by atoms with Crippen LogP contribution in [0.15, 0.2) is 48.7 Å². The first-order valence-electron chi connectivity index (χ1n) is 8.17. The standard InChI is InChI=1S/C19H17F3N4O/c1-12-13(2)25-18(15-8-5-6-10-23-15)26-17(12)24-11-14-7-3-4-9-16(14)27-19(20,21)22/h3-10H,11H2,1-2H3,(H,24,25,26). The number of anilines is 1. The second-order valence-corrected chi connectivity index (χ2v) is 5.83. The van der Waals surface area contributed by atoms with Gasteiger partial charge in [0, 0.05) is 29.6 Å². The molecule has 0 saturated carbocycles. The number of hydrogen-bond donors (Lipinski definition) is 1. The van der Waals surface area contributed by atoms with E-state index in [0.29, 0.717) is 22.9 Å². The number of nitrogens with one attached hydrogen (secondary N) is 1. The van der Waals surface area contributed by atoms with Gasteiger partial charge in [-0.2, -0.15) is 0 Å². The van der Waals surface area contributed by atoms with Gasteiger partial charge in [-0.3, -0.25) is 4.98 Å². The summed E-state index contributed by atoms with van der Waals surface area (Å²) in [5, 5.41) is 3.08. The van der Waals surface area contributed by atoms with Crippen molar-refractivity contribution in [3.8, 4) is 17.3 Å². The number of ether oxygens (including phenoxy) is 1. The van der Waals surface area contributed by atoms with Crippen molar-refractivity contribution in [2.75, 3.05) is 5.32 Å². The average molecular weight is 374 g/mol. The molecule has 0 aliphatic heterocycles. The fourth-order valence-corrected chi connectivity index (χ4v) is 2.46. The SMILES string of the molecule is Cc1nc(-c2ccccn2)nc(NCc2ccccc2OC(F)(F)F)c1C. The normalized spacial score (nSPS) is 11.3. The van der Waals surface area contributed by atoms with Gasteiger partial charge in [-0.1, -0.05) is 24.3 Å². The highest BCUT2D eigenvalue weighted by Gasteiger charge is 2.31. The van der Waals surface area contributed by atoms with Crippen molar-refractivity contribution in [1.82, 2.24) is 15.0 Å². The summed E-state index contributed by atoms with van der Waals surface area (Å²) in [5.41, 5.74) is 2.55. The minimum Gasteiger partial charge on any atom is -0.405 e. The molecule has 0 unspecified atom stereocenters. The molecule has 3 aromatic rings. The van der Waals surface area contributed by atoms with Gasteiger partial charge < -0.3 is 10.1 Å². The fourth-order valence-electron chi connectivity index (χ4n) is 2.46. The van der Waals surface area contributed by atoms with E-state index in [4.69, 9.17) is 0 Å². The molecule has 140 valence electrons. The molecule has 0 spiro atoms. The number of halogens is 3. The first-order valence-corrected chi connectivity index (χ1v) is 8.17. The number of aryl methyl sites for hydroxylation is 1. The molecule has 0 saturated heterocycles. The zero-order chi connectivity index (χ0) is 19.4. The summed E-state index contributed by atoms with van der Waals surface area (Å²) < 4.78 is 41.8. The van der Waals surface area contributed by atoms with Crippen LogP contribution in [0.25, 0.3) is 11.5 Å². The fraction of sp³-hybridized carbons (Fsp3) is 0.211. The molecule has 0 bridgehead atoms. The molecule has 0 amide bonds. The van der Waals surface area contributed by atoms with Crippen molar-refractivity contribution in [2.45, 2.75) is 26.8 Å². The van der Waals surface area contributed by atoms with Gasteiger partial charge in [0.05, 0.1) is 0 Å². The summed E-state index contributed by atoms with van der Waals surface area (Å²) in [4.78, 5) is 13.1. The molecule has 0 aliphatic rings. The maximum atomic E-state index is 12.6. The molecule has 0 radical (unpaired) electrons. The summed E-state index contributed by atoms with van der Waals surface area (Å²) in [6.07, 6.45) is -3.10. The molecule has 3 rings (SSSR count). The Morgan fingerprint density at radius 3 is 2.44 bits per heavy atom. The van der Waals surface area contributed by atoms with Gasteiger partial charge in [-0.05, 0) is 32.0 Å². The van der Waals surface area contributed by atoms with Gasteiger partial charge in [-0.25, -0.2) is 9.97 Å². The van der Waals surface area contributed by atoms with Crippen molar-refractivity contribution in [3.63, 3.8) is 0 Å². The van der Waals surface area contributed by atoms with Crippen molar-refractivity contribution < 1.29 is 17.9 Å². The van der Waals surface area contributed by atoms with E-state index in [-0.39, 0.29) is 12.3 Å². The van der Waals surface area contributed by atoms with Crippen molar-refractivity contribution in [1.29, 1.82) is 0 Å². The summed E-state index contributed by atoms with van der Waals surface area (Å²) in [5.74, 6) is 0.733. The van der Waals surface area contributed by atoms with Gasteiger partial charge in [0.1, 0.15) is 17.3 Å². The largest absolute Gasteiger partial charge is 0.573 e. The summed E-state index contributed by atoms with van der Waals surface area (Å²) in [7, 11) is 0. The van der Waals surface area contributed by atoms with Crippen LogP contribution in [0.3, 0.4) is 0 Å². The Morgan fingerprint density at radius 1 is 1.00 bits per heavy atom. The summed E-state index contributed by atoms with van der Waals surface area (Å²) >= 11 is 0. The number of alkyl halides is 3. The van der Waals surface area contributed by atoms with E-state index in [2.05, 4.69) is 25.0 Å². The van der Waals surface area contributed by atoms with E-state index >= 15 is 0 Å². The van der Waals surface area contributed by atoms with Crippen molar-refractivity contribution in [3.05, 3.63) is 65.5 Å². The van der Waals surface area contributed by atoms with Crippen LogP contribution in [0.1, 0.15) is 16.8 Å². The van der Waals surface area contributed by atoms with Crippen LogP contribution in [0, 0.1) is 13.8 Å². The lowest BCUT2D eigenvalue weighted by Gasteiger charge is -2.15. The molecule has 8 heteroatoms. The van der Waals surface area contributed by atoms with Crippen molar-refractivity contribution >= 4 is 5.82 Å². The molecule has 27 heavy (non-hydrogen) atoms. The molecule has 1 aromatic carbocycles. The minimum absolute atomic E-state index is 0.116. The van der Waals surface area contributed by atoms with Crippen LogP contribution in [0.2, 0.25) is 0 Å². The zero-order valence-electron chi connectivity index (χ0n) is 14.7. The van der Waals surface area contributed by atoms with E-state index in [1.54, 1.807) is 30.5 Å². The zero-order valence-corrected chi connectivity index (χ0v) is 14.7. The number of rotatable bonds is 5. The van der Waals surface area contributed by atoms with Crippen molar-refractivity contribution in [2.24, 2.45) is 0 Å². The lowest BCUT2D eigenvalue weighted by Crippen LogP contribution is -2.18. The van der Waals surface area contributed by atoms with Crippen LogP contribution in [0.5, 0.6) is 5.75 Å². The van der Waals surface area contributed by atoms with Crippen LogP contribution in [-0.4, -0.2) is 21.3 Å².